The Morgan fingerprint density at radius 1 is 1.33 bits per heavy atom. The Morgan fingerprint density at radius 3 is 2.83 bits per heavy atom. The molecule has 1 amide bonds. The van der Waals surface area contributed by atoms with Crippen LogP contribution in [0.15, 0.2) is 15.1 Å². The van der Waals surface area contributed by atoms with E-state index in [4.69, 9.17) is 18.5 Å². The third-order valence-electron chi connectivity index (χ3n) is 3.17. The minimum Gasteiger partial charge on any atom is -0.470 e. The minimum atomic E-state index is -0.681. The van der Waals surface area contributed by atoms with Gasteiger partial charge in [0.2, 0.25) is 0 Å². The highest BCUT2D eigenvalue weighted by molar-refractivity contribution is 5.68. The second-order valence-corrected chi connectivity index (χ2v) is 5.44. The molecule has 0 spiro atoms. The predicted octanol–water partition coefficient (Wildman–Crippen LogP) is 2.46. The Bertz CT molecular complexity index is 665. The number of carbonyl (C=O) groups is 1. The summed E-state index contributed by atoms with van der Waals surface area (Å²) in [4.78, 5) is 11.4. The molecule has 0 fully saturated rings. The van der Waals surface area contributed by atoms with Crippen LogP contribution in [0.2, 0.25) is 0 Å². The van der Waals surface area contributed by atoms with Crippen molar-refractivity contribution in [2.45, 2.75) is 39.7 Å². The summed E-state index contributed by atoms with van der Waals surface area (Å²) in [7, 11) is 3.32. The van der Waals surface area contributed by atoms with Gasteiger partial charge in [0.25, 0.3) is 5.88 Å². The number of hydrogen-bond donors (Lipinski definition) is 1. The SMILES string of the molecule is CCCCc1noc(C)c1COc1cc(OC(=O)NN(C)C)on1. The molecule has 24 heavy (non-hydrogen) atoms. The first-order valence-electron chi connectivity index (χ1n) is 7.69. The maximum Gasteiger partial charge on any atom is 0.429 e. The molecule has 0 unspecified atom stereocenters. The molecule has 0 radical (unpaired) electrons. The van der Waals surface area contributed by atoms with Gasteiger partial charge in [-0.05, 0) is 24.9 Å². The van der Waals surface area contributed by atoms with Gasteiger partial charge in [-0.15, -0.1) is 0 Å². The van der Waals surface area contributed by atoms with Gasteiger partial charge in [0.05, 0.1) is 17.3 Å². The first-order valence-corrected chi connectivity index (χ1v) is 7.69. The lowest BCUT2D eigenvalue weighted by atomic mass is 10.1. The van der Waals surface area contributed by atoms with Crippen LogP contribution in [0.25, 0.3) is 0 Å². The summed E-state index contributed by atoms with van der Waals surface area (Å²) < 4.78 is 20.6. The Labute approximate surface area is 139 Å². The van der Waals surface area contributed by atoms with Gasteiger partial charge in [0.15, 0.2) is 0 Å². The number of hydrazine groups is 1. The average Bonchev–Trinajstić information content (AvgIpc) is 3.09. The van der Waals surface area contributed by atoms with Gasteiger partial charge in [0, 0.05) is 14.1 Å². The van der Waals surface area contributed by atoms with Gasteiger partial charge >= 0.3 is 12.0 Å². The smallest absolute Gasteiger partial charge is 0.429 e. The first-order chi connectivity index (χ1) is 11.5. The van der Waals surface area contributed by atoms with Crippen LogP contribution < -0.4 is 14.9 Å². The summed E-state index contributed by atoms with van der Waals surface area (Å²) in [6, 6.07) is 1.39. The van der Waals surface area contributed by atoms with Crippen molar-refractivity contribution in [3.63, 3.8) is 0 Å². The highest BCUT2D eigenvalue weighted by Crippen LogP contribution is 2.22. The Hall–Kier alpha value is -2.55. The van der Waals surface area contributed by atoms with Crippen LogP contribution in [0.1, 0.15) is 36.8 Å². The number of amides is 1. The number of carbonyl (C=O) groups excluding carboxylic acids is 1. The van der Waals surface area contributed by atoms with Gasteiger partial charge < -0.3 is 18.5 Å². The second-order valence-electron chi connectivity index (χ2n) is 5.44. The van der Waals surface area contributed by atoms with E-state index >= 15 is 0 Å². The number of aromatic nitrogens is 2. The molecule has 0 atom stereocenters. The van der Waals surface area contributed by atoms with Crippen molar-refractivity contribution in [2.24, 2.45) is 0 Å². The topological polar surface area (TPSA) is 103 Å². The molecule has 0 saturated carbocycles. The number of aryl methyl sites for hydroxylation is 2. The molecule has 0 aliphatic carbocycles. The van der Waals surface area contributed by atoms with Gasteiger partial charge in [-0.1, -0.05) is 18.5 Å². The molecule has 0 aliphatic rings. The number of hydrogen-bond acceptors (Lipinski definition) is 8. The summed E-state index contributed by atoms with van der Waals surface area (Å²) in [6.07, 6.45) is 2.26. The van der Waals surface area contributed by atoms with Crippen LogP contribution in [0.4, 0.5) is 4.79 Å². The van der Waals surface area contributed by atoms with E-state index in [0.717, 1.165) is 30.5 Å². The third kappa shape index (κ3) is 4.98. The minimum absolute atomic E-state index is 0.0578. The zero-order valence-corrected chi connectivity index (χ0v) is 14.3. The third-order valence-corrected chi connectivity index (χ3v) is 3.17. The summed E-state index contributed by atoms with van der Waals surface area (Å²) in [6.45, 7) is 4.21. The van der Waals surface area contributed by atoms with E-state index in [1.54, 1.807) is 14.1 Å². The average molecular weight is 338 g/mol. The van der Waals surface area contributed by atoms with E-state index in [1.807, 2.05) is 6.92 Å². The highest BCUT2D eigenvalue weighted by atomic mass is 16.7. The van der Waals surface area contributed by atoms with Gasteiger partial charge in [0.1, 0.15) is 12.4 Å². The van der Waals surface area contributed by atoms with E-state index in [-0.39, 0.29) is 18.4 Å². The summed E-state index contributed by atoms with van der Waals surface area (Å²) >= 11 is 0. The van der Waals surface area contributed by atoms with Gasteiger partial charge in [-0.2, -0.15) is 0 Å². The number of rotatable bonds is 8. The zero-order chi connectivity index (χ0) is 17.5. The van der Waals surface area contributed by atoms with Crippen molar-refractivity contribution in [2.75, 3.05) is 14.1 Å². The van der Waals surface area contributed by atoms with Crippen LogP contribution in [0.3, 0.4) is 0 Å². The molecular formula is C15H22N4O5. The van der Waals surface area contributed by atoms with Crippen molar-refractivity contribution in [1.82, 2.24) is 20.7 Å². The molecule has 0 saturated heterocycles. The highest BCUT2D eigenvalue weighted by Gasteiger charge is 2.16. The standard InChI is InChI=1S/C15H22N4O5/c1-5-6-7-12-11(10(2)23-17-12)9-21-13-8-14(24-18-13)22-15(20)16-19(3)4/h8H,5-7,9H2,1-4H3,(H,16,20). The lowest BCUT2D eigenvalue weighted by Crippen LogP contribution is -2.38. The summed E-state index contributed by atoms with van der Waals surface area (Å²) in [5, 5.41) is 9.21. The Kier molecular flexibility index (Phi) is 6.19. The molecule has 9 nitrogen and oxygen atoms in total. The normalized spacial score (nSPS) is 10.9. The molecule has 132 valence electrons. The van der Waals surface area contributed by atoms with Crippen molar-refractivity contribution in [3.8, 4) is 11.8 Å². The molecule has 2 rings (SSSR count). The number of unbranched alkanes of at least 4 members (excludes halogenated alkanes) is 1. The van der Waals surface area contributed by atoms with Crippen molar-refractivity contribution < 1.29 is 23.3 Å². The van der Waals surface area contributed by atoms with E-state index in [2.05, 4.69) is 22.7 Å². The number of ether oxygens (including phenoxy) is 2. The van der Waals surface area contributed by atoms with Crippen LogP contribution in [0.5, 0.6) is 11.8 Å². The summed E-state index contributed by atoms with van der Waals surface area (Å²) in [5.41, 5.74) is 4.20. The molecule has 0 aliphatic heterocycles. The van der Waals surface area contributed by atoms with Crippen LogP contribution >= 0.6 is 0 Å². The van der Waals surface area contributed by atoms with Crippen molar-refractivity contribution >= 4 is 6.09 Å². The molecule has 2 aromatic heterocycles. The van der Waals surface area contributed by atoms with Crippen LogP contribution in [-0.2, 0) is 13.0 Å². The van der Waals surface area contributed by atoms with E-state index in [0.29, 0.717) is 5.76 Å². The predicted molar refractivity (Wildman–Crippen MR) is 83.5 cm³/mol. The maximum atomic E-state index is 11.4. The number of nitrogens with one attached hydrogen (secondary N) is 1. The summed E-state index contributed by atoms with van der Waals surface area (Å²) in [5.74, 6) is 0.869. The molecule has 0 bridgehead atoms. The Morgan fingerprint density at radius 2 is 2.12 bits per heavy atom. The van der Waals surface area contributed by atoms with E-state index in [1.165, 1.54) is 11.1 Å². The molecule has 9 heteroatoms. The molecular weight excluding hydrogens is 316 g/mol. The molecule has 2 heterocycles. The van der Waals surface area contributed by atoms with E-state index < -0.39 is 6.09 Å². The van der Waals surface area contributed by atoms with Crippen LogP contribution in [0, 0.1) is 6.92 Å². The number of nitrogens with zero attached hydrogens (tertiary/aromatic N) is 3. The largest absolute Gasteiger partial charge is 0.470 e. The van der Waals surface area contributed by atoms with Crippen LogP contribution in [-0.4, -0.2) is 35.5 Å². The van der Waals surface area contributed by atoms with Crippen molar-refractivity contribution in [3.05, 3.63) is 23.1 Å². The van der Waals surface area contributed by atoms with Gasteiger partial charge in [-0.3, -0.25) is 5.43 Å². The molecule has 1 N–H and O–H groups in total. The maximum absolute atomic E-state index is 11.4. The fourth-order valence-corrected chi connectivity index (χ4v) is 1.97. The lowest BCUT2D eigenvalue weighted by Gasteiger charge is -2.09. The fourth-order valence-electron chi connectivity index (χ4n) is 1.97. The lowest BCUT2D eigenvalue weighted by molar-refractivity contribution is 0.154. The molecule has 2 aromatic rings. The zero-order valence-electron chi connectivity index (χ0n) is 14.3. The quantitative estimate of drug-likeness (QED) is 0.732. The van der Waals surface area contributed by atoms with E-state index in [9.17, 15) is 4.79 Å². The van der Waals surface area contributed by atoms with Crippen molar-refractivity contribution in [1.29, 1.82) is 0 Å². The fraction of sp³-hybridized carbons (Fsp3) is 0.533. The first kappa shape index (κ1) is 17.8. The molecule has 0 aromatic carbocycles. The second kappa shape index (κ2) is 8.34. The van der Waals surface area contributed by atoms with Gasteiger partial charge in [-0.25, -0.2) is 9.80 Å². The Balaban J connectivity index is 1.91. The monoisotopic (exact) mass is 338 g/mol.